The minimum Gasteiger partial charge on any atom is -0.467 e. The molecule has 0 spiro atoms. The number of ether oxygens (including phenoxy) is 1. The molecule has 2 N–H and O–H groups in total. The van der Waals surface area contributed by atoms with E-state index in [9.17, 15) is 0 Å². The van der Waals surface area contributed by atoms with Crippen molar-refractivity contribution in [3.8, 4) is 6.01 Å². The highest BCUT2D eigenvalue weighted by Crippen LogP contribution is 2.39. The van der Waals surface area contributed by atoms with E-state index in [0.717, 1.165) is 5.56 Å². The van der Waals surface area contributed by atoms with Crippen molar-refractivity contribution < 1.29 is 9.16 Å². The molecule has 1 atom stereocenters. The van der Waals surface area contributed by atoms with Gasteiger partial charge >= 0.3 is 6.01 Å². The summed E-state index contributed by atoms with van der Waals surface area (Å²) in [4.78, 5) is 8.21. The summed E-state index contributed by atoms with van der Waals surface area (Å²) >= 11 is 0. The van der Waals surface area contributed by atoms with Gasteiger partial charge in [0.2, 0.25) is 0 Å². The third kappa shape index (κ3) is 3.99. The minimum atomic E-state index is -1.86. The average Bonchev–Trinajstić information content (AvgIpc) is 2.35. The maximum absolute atomic E-state index is 6.30. The molecule has 108 valence electrons. The highest BCUT2D eigenvalue weighted by molar-refractivity contribution is 6.74. The van der Waals surface area contributed by atoms with E-state index in [0.29, 0.717) is 12.6 Å². The van der Waals surface area contributed by atoms with Crippen molar-refractivity contribution in [1.82, 2.24) is 9.97 Å². The van der Waals surface area contributed by atoms with Crippen LogP contribution in [0.15, 0.2) is 12.4 Å². The van der Waals surface area contributed by atoms with Crippen LogP contribution in [-0.4, -0.2) is 31.9 Å². The molecule has 0 amide bonds. The maximum Gasteiger partial charge on any atom is 0.316 e. The van der Waals surface area contributed by atoms with Gasteiger partial charge in [0.1, 0.15) is 0 Å². The molecule has 0 aliphatic heterocycles. The van der Waals surface area contributed by atoms with E-state index >= 15 is 0 Å². The summed E-state index contributed by atoms with van der Waals surface area (Å²) in [6, 6.07) is 0.354. The summed E-state index contributed by atoms with van der Waals surface area (Å²) < 4.78 is 11.3. The summed E-state index contributed by atoms with van der Waals surface area (Å²) in [6.07, 6.45) is 3.28. The maximum atomic E-state index is 6.30. The Morgan fingerprint density at radius 1 is 1.26 bits per heavy atom. The molecule has 1 heterocycles. The van der Waals surface area contributed by atoms with E-state index in [-0.39, 0.29) is 11.1 Å². The van der Waals surface area contributed by atoms with Crippen LogP contribution in [0, 0.1) is 0 Å². The van der Waals surface area contributed by atoms with Crippen LogP contribution >= 0.6 is 0 Å². The van der Waals surface area contributed by atoms with Gasteiger partial charge in [0.15, 0.2) is 8.32 Å². The van der Waals surface area contributed by atoms with Crippen LogP contribution in [-0.2, 0) is 4.43 Å². The summed E-state index contributed by atoms with van der Waals surface area (Å²) in [5.74, 6) is 0. The van der Waals surface area contributed by atoms with Gasteiger partial charge in [-0.15, -0.1) is 0 Å². The van der Waals surface area contributed by atoms with Crippen LogP contribution in [0.5, 0.6) is 6.01 Å². The van der Waals surface area contributed by atoms with Crippen LogP contribution < -0.4 is 10.5 Å². The molecule has 6 heteroatoms. The van der Waals surface area contributed by atoms with Crippen molar-refractivity contribution in [1.29, 1.82) is 0 Å². The Hall–Kier alpha value is -0.983. The van der Waals surface area contributed by atoms with E-state index < -0.39 is 8.32 Å². The SMILES string of the molecule is COc1ncc([C@@H](CN)O[Si](C)(C)C(C)(C)C)cn1. The molecule has 0 aromatic carbocycles. The number of methoxy groups -OCH3 is 1. The van der Waals surface area contributed by atoms with Gasteiger partial charge in [-0.3, -0.25) is 0 Å². The molecule has 0 aliphatic rings. The Balaban J connectivity index is 2.89. The number of hydrogen-bond acceptors (Lipinski definition) is 5. The second-order valence-corrected chi connectivity index (χ2v) is 10.9. The molecule has 19 heavy (non-hydrogen) atoms. The lowest BCUT2D eigenvalue weighted by Crippen LogP contribution is -2.43. The van der Waals surface area contributed by atoms with Crippen molar-refractivity contribution >= 4 is 8.32 Å². The zero-order chi connectivity index (χ0) is 14.7. The van der Waals surface area contributed by atoms with E-state index in [2.05, 4.69) is 43.8 Å². The summed E-state index contributed by atoms with van der Waals surface area (Å²) in [7, 11) is -0.317. The molecule has 5 nitrogen and oxygen atoms in total. The van der Waals surface area contributed by atoms with Crippen molar-refractivity contribution in [2.75, 3.05) is 13.7 Å². The Bertz CT molecular complexity index is 401. The first-order valence-corrected chi connectivity index (χ1v) is 9.36. The molecule has 0 radical (unpaired) electrons. The van der Waals surface area contributed by atoms with Gasteiger partial charge in [-0.1, -0.05) is 20.8 Å². The number of hydrogen-bond donors (Lipinski definition) is 1. The van der Waals surface area contributed by atoms with E-state index in [1.165, 1.54) is 0 Å². The fraction of sp³-hybridized carbons (Fsp3) is 0.692. The van der Waals surface area contributed by atoms with Crippen LogP contribution in [0.2, 0.25) is 18.1 Å². The fourth-order valence-electron chi connectivity index (χ4n) is 1.38. The third-order valence-electron chi connectivity index (χ3n) is 3.66. The van der Waals surface area contributed by atoms with Crippen molar-refractivity contribution in [3.05, 3.63) is 18.0 Å². The van der Waals surface area contributed by atoms with Gasteiger partial charge in [-0.2, -0.15) is 0 Å². The smallest absolute Gasteiger partial charge is 0.316 e. The van der Waals surface area contributed by atoms with Crippen molar-refractivity contribution in [2.24, 2.45) is 5.73 Å². The van der Waals surface area contributed by atoms with Gasteiger partial charge in [-0.25, -0.2) is 9.97 Å². The van der Waals surface area contributed by atoms with Crippen molar-refractivity contribution in [2.45, 2.75) is 45.0 Å². The number of aromatic nitrogens is 2. The molecule has 0 saturated heterocycles. The summed E-state index contributed by atoms with van der Waals surface area (Å²) in [5, 5.41) is 0.147. The van der Waals surface area contributed by atoms with Crippen LogP contribution in [0.4, 0.5) is 0 Å². The average molecular weight is 283 g/mol. The Morgan fingerprint density at radius 2 is 1.79 bits per heavy atom. The van der Waals surface area contributed by atoms with Crippen LogP contribution in [0.3, 0.4) is 0 Å². The first-order chi connectivity index (χ1) is 8.71. The van der Waals surface area contributed by atoms with Gasteiger partial charge < -0.3 is 14.9 Å². The van der Waals surface area contributed by atoms with Gasteiger partial charge in [-0.05, 0) is 18.1 Å². The molecule has 0 unspecified atom stereocenters. The zero-order valence-corrected chi connectivity index (χ0v) is 13.7. The largest absolute Gasteiger partial charge is 0.467 e. The molecular weight excluding hydrogens is 258 g/mol. The quantitative estimate of drug-likeness (QED) is 0.841. The summed E-state index contributed by atoms with van der Waals surface area (Å²) in [5.41, 5.74) is 6.73. The first kappa shape index (κ1) is 16.1. The van der Waals surface area contributed by atoms with Crippen LogP contribution in [0.1, 0.15) is 32.4 Å². The normalized spacial score (nSPS) is 14.3. The standard InChI is InChI=1S/C13H25N3O2Si/c1-13(2,3)19(5,6)18-11(7-14)10-8-15-12(17-4)16-9-10/h8-9,11H,7,14H2,1-6H3/t11-/m1/s1. The van der Waals surface area contributed by atoms with E-state index in [1.54, 1.807) is 19.5 Å². The number of rotatable bonds is 5. The Morgan fingerprint density at radius 3 is 2.16 bits per heavy atom. The molecule has 1 rings (SSSR count). The molecule has 0 bridgehead atoms. The molecule has 1 aromatic rings. The van der Waals surface area contributed by atoms with Gasteiger partial charge in [0, 0.05) is 24.5 Å². The van der Waals surface area contributed by atoms with Gasteiger partial charge in [0.25, 0.3) is 0 Å². The van der Waals surface area contributed by atoms with E-state index in [1.807, 2.05) is 0 Å². The number of nitrogens with zero attached hydrogens (tertiary/aromatic N) is 2. The monoisotopic (exact) mass is 283 g/mol. The second kappa shape index (κ2) is 5.98. The first-order valence-electron chi connectivity index (χ1n) is 6.45. The topological polar surface area (TPSA) is 70.3 Å². The summed E-state index contributed by atoms with van der Waals surface area (Å²) in [6.45, 7) is 11.5. The highest BCUT2D eigenvalue weighted by Gasteiger charge is 2.39. The molecule has 1 aromatic heterocycles. The predicted molar refractivity (Wildman–Crippen MR) is 78.7 cm³/mol. The lowest BCUT2D eigenvalue weighted by molar-refractivity contribution is 0.190. The lowest BCUT2D eigenvalue weighted by Gasteiger charge is -2.39. The number of nitrogens with two attached hydrogens (primary N) is 1. The second-order valence-electron chi connectivity index (χ2n) is 6.11. The van der Waals surface area contributed by atoms with Crippen LogP contribution in [0.25, 0.3) is 0 Å². The van der Waals surface area contributed by atoms with Crippen molar-refractivity contribution in [3.63, 3.8) is 0 Å². The molecule has 0 fully saturated rings. The molecule has 0 aliphatic carbocycles. The third-order valence-corrected chi connectivity index (χ3v) is 8.15. The molecule has 0 saturated carbocycles. The predicted octanol–water partition coefficient (Wildman–Crippen LogP) is 2.51. The Kier molecular flexibility index (Phi) is 5.06. The zero-order valence-electron chi connectivity index (χ0n) is 12.7. The minimum absolute atomic E-state index is 0.147. The lowest BCUT2D eigenvalue weighted by atomic mass is 10.2. The van der Waals surface area contributed by atoms with E-state index in [4.69, 9.17) is 14.9 Å². The van der Waals surface area contributed by atoms with Gasteiger partial charge in [0.05, 0.1) is 13.2 Å². The molecular formula is C13H25N3O2Si. The Labute approximate surface area is 116 Å². The highest BCUT2D eigenvalue weighted by atomic mass is 28.4. The fourth-order valence-corrected chi connectivity index (χ4v) is 2.68.